The van der Waals surface area contributed by atoms with Gasteiger partial charge >= 0.3 is 0 Å². The van der Waals surface area contributed by atoms with E-state index in [-0.39, 0.29) is 5.75 Å². The second-order valence-electron chi connectivity index (χ2n) is 2.59. The number of nitrogens with zero attached hydrogens (tertiary/aromatic N) is 2. The van der Waals surface area contributed by atoms with E-state index in [1.807, 2.05) is 0 Å². The molecule has 0 radical (unpaired) electrons. The van der Waals surface area contributed by atoms with Crippen LogP contribution in [0.5, 0.6) is 0 Å². The number of sulfone groups is 1. The molecule has 0 aliphatic rings. The highest BCUT2D eigenvalue weighted by Crippen LogP contribution is 1.99. The normalized spacial score (nSPS) is 11.8. The minimum absolute atomic E-state index is 0.0502. The molecule has 0 N–H and O–H groups in total. The second-order valence-corrected chi connectivity index (χ2v) is 4.85. The van der Waals surface area contributed by atoms with Gasteiger partial charge in [-0.05, 0) is 0 Å². The van der Waals surface area contributed by atoms with Gasteiger partial charge in [0, 0.05) is 19.6 Å². The van der Waals surface area contributed by atoms with Crippen LogP contribution < -0.4 is 0 Å². The summed E-state index contributed by atoms with van der Waals surface area (Å²) in [7, 11) is -2.94. The lowest BCUT2D eigenvalue weighted by Crippen LogP contribution is -2.05. The molecular weight excluding hydrogens is 180 g/mol. The van der Waals surface area contributed by atoms with Gasteiger partial charge in [-0.25, -0.2) is 8.42 Å². The quantitative estimate of drug-likeness (QED) is 0.669. The van der Waals surface area contributed by atoms with E-state index in [1.165, 1.54) is 6.26 Å². The van der Waals surface area contributed by atoms with E-state index < -0.39 is 9.84 Å². The average Bonchev–Trinajstić information content (AvgIpc) is 2.30. The summed E-state index contributed by atoms with van der Waals surface area (Å²) in [6, 6.07) is 0. The molecule has 68 valence electrons. The minimum Gasteiger partial charge on any atom is -0.426 e. The zero-order valence-corrected chi connectivity index (χ0v) is 7.76. The SMILES string of the molecule is Cc1nnc(CCS(C)(=O)=O)o1. The van der Waals surface area contributed by atoms with Gasteiger partial charge in [-0.1, -0.05) is 0 Å². The predicted octanol–water partition coefficient (Wildman–Crippen LogP) is -0.0349. The highest BCUT2D eigenvalue weighted by atomic mass is 32.2. The molecule has 5 nitrogen and oxygen atoms in total. The first kappa shape index (κ1) is 9.18. The van der Waals surface area contributed by atoms with Gasteiger partial charge in [-0.3, -0.25) is 0 Å². The fourth-order valence-corrected chi connectivity index (χ4v) is 1.26. The van der Waals surface area contributed by atoms with Crippen LogP contribution in [0.25, 0.3) is 0 Å². The molecule has 0 amide bonds. The third-order valence-electron chi connectivity index (χ3n) is 1.25. The van der Waals surface area contributed by atoms with Crippen LogP contribution in [0.1, 0.15) is 11.8 Å². The van der Waals surface area contributed by atoms with Gasteiger partial charge < -0.3 is 4.42 Å². The van der Waals surface area contributed by atoms with E-state index in [4.69, 9.17) is 4.42 Å². The van der Waals surface area contributed by atoms with E-state index in [2.05, 4.69) is 10.2 Å². The van der Waals surface area contributed by atoms with E-state index in [9.17, 15) is 8.42 Å². The number of hydrogen-bond donors (Lipinski definition) is 0. The maximum absolute atomic E-state index is 10.7. The number of aryl methyl sites for hydroxylation is 2. The summed E-state index contributed by atoms with van der Waals surface area (Å²) in [5.74, 6) is 0.880. The monoisotopic (exact) mass is 190 g/mol. The Labute approximate surface area is 70.7 Å². The van der Waals surface area contributed by atoms with Crippen molar-refractivity contribution in [2.45, 2.75) is 13.3 Å². The van der Waals surface area contributed by atoms with Gasteiger partial charge in [0.2, 0.25) is 11.8 Å². The predicted molar refractivity (Wildman–Crippen MR) is 42.4 cm³/mol. The van der Waals surface area contributed by atoms with Gasteiger partial charge in [0.1, 0.15) is 9.84 Å². The molecule has 0 aliphatic carbocycles. The minimum atomic E-state index is -2.94. The van der Waals surface area contributed by atoms with Gasteiger partial charge in [0.05, 0.1) is 5.75 Å². The lowest BCUT2D eigenvalue weighted by molar-refractivity contribution is 0.472. The molecule has 1 aromatic heterocycles. The molecule has 0 saturated heterocycles. The largest absolute Gasteiger partial charge is 0.426 e. The molecule has 0 unspecified atom stereocenters. The second kappa shape index (κ2) is 3.22. The van der Waals surface area contributed by atoms with Crippen molar-refractivity contribution in [2.24, 2.45) is 0 Å². The van der Waals surface area contributed by atoms with Crippen molar-refractivity contribution in [1.29, 1.82) is 0 Å². The van der Waals surface area contributed by atoms with Crippen LogP contribution in [0.2, 0.25) is 0 Å². The van der Waals surface area contributed by atoms with E-state index in [0.29, 0.717) is 18.2 Å². The topological polar surface area (TPSA) is 73.1 Å². The van der Waals surface area contributed by atoms with Gasteiger partial charge in [-0.2, -0.15) is 0 Å². The molecule has 0 aromatic carbocycles. The highest BCUT2D eigenvalue weighted by Gasteiger charge is 2.07. The summed E-state index contributed by atoms with van der Waals surface area (Å²) in [6.45, 7) is 1.66. The maximum atomic E-state index is 10.7. The molecule has 0 saturated carbocycles. The molecule has 1 heterocycles. The van der Waals surface area contributed by atoms with E-state index >= 15 is 0 Å². The first-order valence-electron chi connectivity index (χ1n) is 3.44. The molecule has 6 heteroatoms. The number of hydrogen-bond acceptors (Lipinski definition) is 5. The maximum Gasteiger partial charge on any atom is 0.217 e. The van der Waals surface area contributed by atoms with Crippen LogP contribution in [-0.4, -0.2) is 30.6 Å². The van der Waals surface area contributed by atoms with Crippen LogP contribution in [0.3, 0.4) is 0 Å². The van der Waals surface area contributed by atoms with Crippen molar-refractivity contribution in [1.82, 2.24) is 10.2 Å². The molecule has 0 spiro atoms. The zero-order valence-electron chi connectivity index (χ0n) is 6.94. The summed E-state index contributed by atoms with van der Waals surface area (Å²) < 4.78 is 26.4. The summed E-state index contributed by atoms with van der Waals surface area (Å²) in [5, 5.41) is 7.24. The molecule has 12 heavy (non-hydrogen) atoms. The van der Waals surface area contributed by atoms with Crippen molar-refractivity contribution in [3.63, 3.8) is 0 Å². The van der Waals surface area contributed by atoms with Gasteiger partial charge in [0.15, 0.2) is 0 Å². The standard InChI is InChI=1S/C6H10N2O3S/c1-5-7-8-6(11-5)3-4-12(2,9)10/h3-4H2,1-2H3. The zero-order chi connectivity index (χ0) is 9.19. The Balaban J connectivity index is 2.55. The molecule has 0 atom stereocenters. The Bertz CT molecular complexity index is 355. The average molecular weight is 190 g/mol. The van der Waals surface area contributed by atoms with Crippen LogP contribution in [0.4, 0.5) is 0 Å². The Kier molecular flexibility index (Phi) is 2.46. The number of rotatable bonds is 3. The summed E-state index contributed by atoms with van der Waals surface area (Å²) in [4.78, 5) is 0. The molecule has 0 fully saturated rings. The Hall–Kier alpha value is -0.910. The van der Waals surface area contributed by atoms with Crippen LogP contribution in [0, 0.1) is 6.92 Å². The molecule has 0 bridgehead atoms. The third-order valence-corrected chi connectivity index (χ3v) is 2.20. The van der Waals surface area contributed by atoms with E-state index in [0.717, 1.165) is 0 Å². The molecule has 0 aliphatic heterocycles. The summed E-state index contributed by atoms with van der Waals surface area (Å²) in [6.07, 6.45) is 1.47. The third kappa shape index (κ3) is 3.00. The first-order valence-corrected chi connectivity index (χ1v) is 5.50. The van der Waals surface area contributed by atoms with Crippen LogP contribution in [0.15, 0.2) is 4.42 Å². The van der Waals surface area contributed by atoms with Crippen molar-refractivity contribution < 1.29 is 12.8 Å². The highest BCUT2D eigenvalue weighted by molar-refractivity contribution is 7.90. The molecule has 1 aromatic rings. The van der Waals surface area contributed by atoms with Crippen LogP contribution in [-0.2, 0) is 16.3 Å². The first-order chi connectivity index (χ1) is 5.47. The Morgan fingerprint density at radius 1 is 1.42 bits per heavy atom. The lowest BCUT2D eigenvalue weighted by Gasteiger charge is -1.91. The number of aromatic nitrogens is 2. The fourth-order valence-electron chi connectivity index (χ4n) is 0.711. The lowest BCUT2D eigenvalue weighted by atomic mass is 10.5. The summed E-state index contributed by atoms with van der Waals surface area (Å²) >= 11 is 0. The molecular formula is C6H10N2O3S. The van der Waals surface area contributed by atoms with Gasteiger partial charge in [-0.15, -0.1) is 10.2 Å². The van der Waals surface area contributed by atoms with Crippen LogP contribution >= 0.6 is 0 Å². The fraction of sp³-hybridized carbons (Fsp3) is 0.667. The van der Waals surface area contributed by atoms with E-state index in [1.54, 1.807) is 6.92 Å². The van der Waals surface area contributed by atoms with Crippen molar-refractivity contribution in [2.75, 3.05) is 12.0 Å². The Morgan fingerprint density at radius 3 is 2.50 bits per heavy atom. The Morgan fingerprint density at radius 2 is 2.08 bits per heavy atom. The smallest absolute Gasteiger partial charge is 0.217 e. The van der Waals surface area contributed by atoms with Crippen molar-refractivity contribution >= 4 is 9.84 Å². The van der Waals surface area contributed by atoms with Gasteiger partial charge in [0.25, 0.3) is 0 Å². The summed E-state index contributed by atoms with van der Waals surface area (Å²) in [5.41, 5.74) is 0. The molecule has 1 rings (SSSR count). The van der Waals surface area contributed by atoms with Crippen molar-refractivity contribution in [3.8, 4) is 0 Å². The van der Waals surface area contributed by atoms with Crippen molar-refractivity contribution in [3.05, 3.63) is 11.8 Å².